The molecule has 0 bridgehead atoms. The van der Waals surface area contributed by atoms with Crippen molar-refractivity contribution >= 4 is 39.7 Å². The number of fused-ring (bicyclic) bond motifs is 1. The molecule has 4 rings (SSSR count). The van der Waals surface area contributed by atoms with Crippen molar-refractivity contribution in [1.82, 2.24) is 10.2 Å². The van der Waals surface area contributed by atoms with Crippen LogP contribution in [0.15, 0.2) is 48.6 Å². The van der Waals surface area contributed by atoms with Crippen molar-refractivity contribution in [3.63, 3.8) is 0 Å². The third-order valence-corrected chi connectivity index (χ3v) is 5.75. The van der Waals surface area contributed by atoms with E-state index in [9.17, 15) is 0 Å². The number of nitrogens with one attached hydrogen (secondary N) is 1. The molecule has 146 valence electrons. The van der Waals surface area contributed by atoms with Crippen LogP contribution in [0.25, 0.3) is 15.6 Å². The lowest BCUT2D eigenvalue weighted by Gasteiger charge is -2.29. The highest BCUT2D eigenvalue weighted by Gasteiger charge is 2.19. The van der Waals surface area contributed by atoms with Crippen LogP contribution < -0.4 is 10.2 Å². The minimum Gasteiger partial charge on any atom is -0.364 e. The maximum absolute atomic E-state index is 7.37. The zero-order chi connectivity index (χ0) is 20.4. The number of anilines is 2. The molecule has 2 aromatic carbocycles. The van der Waals surface area contributed by atoms with E-state index in [0.717, 1.165) is 58.7 Å². The molecule has 1 fully saturated rings. The van der Waals surface area contributed by atoms with Crippen molar-refractivity contribution in [1.29, 1.82) is 0 Å². The number of hydrogen-bond donors (Lipinski definition) is 1. The first-order valence-electron chi connectivity index (χ1n) is 9.63. The summed E-state index contributed by atoms with van der Waals surface area (Å²) in [5.74, 6) is 1.54. The predicted octanol–water partition coefficient (Wildman–Crippen LogP) is 5.91. The molecule has 1 aliphatic rings. The second-order valence-corrected chi connectivity index (χ2v) is 7.80. The molecule has 1 saturated heterocycles. The fraction of sp³-hybridized carbons (Fsp3) is 0.261. The van der Waals surface area contributed by atoms with E-state index in [-0.39, 0.29) is 0 Å². The summed E-state index contributed by atoms with van der Waals surface area (Å²) in [6.07, 6.45) is 1.94. The van der Waals surface area contributed by atoms with E-state index in [1.165, 1.54) is 5.57 Å². The Hall–Kier alpha value is -3.10. The Morgan fingerprint density at radius 1 is 1.14 bits per heavy atom. The lowest BCUT2D eigenvalue weighted by Crippen LogP contribution is -2.31. The quantitative estimate of drug-likeness (QED) is 0.434. The molecule has 5 nitrogen and oxygen atoms in total. The van der Waals surface area contributed by atoms with E-state index in [1.807, 2.05) is 43.3 Å². The fourth-order valence-corrected chi connectivity index (χ4v) is 3.73. The molecule has 3 aromatic rings. The average molecular weight is 404 g/mol. The Bertz CT molecular complexity index is 1120. The standard InChI is InChI=1S/C23H22ClN5/c1-15-8-10-29(11-9-15)23-19-7-6-18(25-3)13-20(19)22(27-28-23)26-14-17-5-4-16(2)21(24)12-17/h4-7,12-13H,1,8-11,14H2,2H3,(H,26,27). The van der Waals surface area contributed by atoms with Crippen molar-refractivity contribution in [2.45, 2.75) is 26.3 Å². The van der Waals surface area contributed by atoms with Gasteiger partial charge in [0, 0.05) is 35.4 Å². The van der Waals surface area contributed by atoms with Crippen molar-refractivity contribution in [3.8, 4) is 0 Å². The molecule has 2 heterocycles. The highest BCUT2D eigenvalue weighted by Crippen LogP contribution is 2.33. The van der Waals surface area contributed by atoms with Crippen LogP contribution in [0.5, 0.6) is 0 Å². The zero-order valence-corrected chi connectivity index (χ0v) is 17.1. The van der Waals surface area contributed by atoms with Gasteiger partial charge < -0.3 is 10.2 Å². The number of benzene rings is 2. The number of piperidine rings is 1. The molecule has 1 N–H and O–H groups in total. The number of halogens is 1. The minimum atomic E-state index is 0.578. The van der Waals surface area contributed by atoms with Crippen LogP contribution in [0.2, 0.25) is 5.02 Å². The molecule has 6 heteroatoms. The summed E-state index contributed by atoms with van der Waals surface area (Å²) in [6, 6.07) is 11.7. The smallest absolute Gasteiger partial charge is 0.188 e. The third-order valence-electron chi connectivity index (χ3n) is 5.34. The number of aromatic nitrogens is 2. The highest BCUT2D eigenvalue weighted by atomic mass is 35.5. The van der Waals surface area contributed by atoms with Gasteiger partial charge in [0.05, 0.1) is 6.57 Å². The summed E-state index contributed by atoms with van der Waals surface area (Å²) in [4.78, 5) is 5.84. The average Bonchev–Trinajstić information content (AvgIpc) is 2.74. The van der Waals surface area contributed by atoms with Gasteiger partial charge in [0.2, 0.25) is 0 Å². The van der Waals surface area contributed by atoms with Crippen LogP contribution in [0, 0.1) is 13.5 Å². The molecule has 0 aliphatic carbocycles. The van der Waals surface area contributed by atoms with Crippen molar-refractivity contribution in [2.24, 2.45) is 0 Å². The van der Waals surface area contributed by atoms with Gasteiger partial charge in [0.1, 0.15) is 0 Å². The monoisotopic (exact) mass is 403 g/mol. The lowest BCUT2D eigenvalue weighted by molar-refractivity contribution is 0.677. The normalized spacial score (nSPS) is 14.1. The SMILES string of the molecule is [C-]#[N+]c1ccc2c(N3CCC(=C)CC3)nnc(NCc3ccc(C)c(Cl)c3)c2c1. The van der Waals surface area contributed by atoms with Crippen LogP contribution in [0.1, 0.15) is 24.0 Å². The summed E-state index contributed by atoms with van der Waals surface area (Å²) < 4.78 is 0. The molecule has 0 atom stereocenters. The largest absolute Gasteiger partial charge is 0.364 e. The molecule has 0 radical (unpaired) electrons. The first kappa shape index (κ1) is 19.2. The van der Waals surface area contributed by atoms with E-state index < -0.39 is 0 Å². The van der Waals surface area contributed by atoms with Crippen molar-refractivity contribution in [3.05, 3.63) is 76.1 Å². The molecular weight excluding hydrogens is 382 g/mol. The third kappa shape index (κ3) is 4.03. The Morgan fingerprint density at radius 2 is 1.93 bits per heavy atom. The molecule has 1 aliphatic heterocycles. The summed E-state index contributed by atoms with van der Waals surface area (Å²) in [5, 5.41) is 15.0. The Morgan fingerprint density at radius 3 is 2.66 bits per heavy atom. The van der Waals surface area contributed by atoms with Crippen LogP contribution in [0.3, 0.4) is 0 Å². The number of rotatable bonds is 4. The number of aryl methyl sites for hydroxylation is 1. The fourth-order valence-electron chi connectivity index (χ4n) is 3.53. The molecular formula is C23H22ClN5. The van der Waals surface area contributed by atoms with Gasteiger partial charge in [-0.3, -0.25) is 0 Å². The van der Waals surface area contributed by atoms with E-state index >= 15 is 0 Å². The topological polar surface area (TPSA) is 45.4 Å². The molecule has 0 amide bonds. The van der Waals surface area contributed by atoms with Crippen LogP contribution in [-0.2, 0) is 6.54 Å². The van der Waals surface area contributed by atoms with Gasteiger partial charge in [-0.1, -0.05) is 48.0 Å². The lowest BCUT2D eigenvalue weighted by atomic mass is 10.0. The molecule has 0 spiro atoms. The molecule has 1 aromatic heterocycles. The first-order valence-corrected chi connectivity index (χ1v) is 10.0. The summed E-state index contributed by atoms with van der Waals surface area (Å²) in [7, 11) is 0. The van der Waals surface area contributed by atoms with Gasteiger partial charge in [0.25, 0.3) is 0 Å². The van der Waals surface area contributed by atoms with Gasteiger partial charge in [0.15, 0.2) is 17.3 Å². The number of nitrogens with zero attached hydrogens (tertiary/aromatic N) is 4. The first-order chi connectivity index (χ1) is 14.0. The Labute approximate surface area is 175 Å². The maximum atomic E-state index is 7.37. The summed E-state index contributed by atoms with van der Waals surface area (Å²) in [5.41, 5.74) is 3.99. The van der Waals surface area contributed by atoms with E-state index in [2.05, 4.69) is 31.8 Å². The summed E-state index contributed by atoms with van der Waals surface area (Å²) >= 11 is 6.25. The van der Waals surface area contributed by atoms with Crippen LogP contribution in [-0.4, -0.2) is 23.3 Å². The molecule has 0 saturated carbocycles. The highest BCUT2D eigenvalue weighted by molar-refractivity contribution is 6.31. The van der Waals surface area contributed by atoms with Gasteiger partial charge in [-0.15, -0.1) is 10.2 Å². The van der Waals surface area contributed by atoms with E-state index in [1.54, 1.807) is 0 Å². The Balaban J connectivity index is 1.68. The minimum absolute atomic E-state index is 0.578. The zero-order valence-electron chi connectivity index (χ0n) is 16.4. The van der Waals surface area contributed by atoms with Crippen LogP contribution in [0.4, 0.5) is 17.3 Å². The van der Waals surface area contributed by atoms with Crippen molar-refractivity contribution < 1.29 is 0 Å². The van der Waals surface area contributed by atoms with Gasteiger partial charge in [-0.2, -0.15) is 0 Å². The summed E-state index contributed by atoms with van der Waals surface area (Å²) in [6.45, 7) is 15.8. The second kappa shape index (κ2) is 8.10. The van der Waals surface area contributed by atoms with Crippen molar-refractivity contribution in [2.75, 3.05) is 23.3 Å². The molecule has 0 unspecified atom stereocenters. The Kier molecular flexibility index (Phi) is 5.37. The van der Waals surface area contributed by atoms with Crippen LogP contribution >= 0.6 is 11.6 Å². The van der Waals surface area contributed by atoms with E-state index in [0.29, 0.717) is 18.1 Å². The van der Waals surface area contributed by atoms with E-state index in [4.69, 9.17) is 18.2 Å². The predicted molar refractivity (Wildman–Crippen MR) is 120 cm³/mol. The van der Waals surface area contributed by atoms with Gasteiger partial charge >= 0.3 is 0 Å². The maximum Gasteiger partial charge on any atom is 0.188 e. The molecule has 29 heavy (non-hydrogen) atoms. The second-order valence-electron chi connectivity index (χ2n) is 7.39. The van der Waals surface area contributed by atoms with Gasteiger partial charge in [-0.05, 0) is 43.0 Å². The number of hydrogen-bond acceptors (Lipinski definition) is 4. The van der Waals surface area contributed by atoms with Gasteiger partial charge in [-0.25, -0.2) is 4.85 Å².